The molecule has 0 atom stereocenters. The van der Waals surface area contributed by atoms with Crippen molar-refractivity contribution in [3.63, 3.8) is 0 Å². The molecule has 0 radical (unpaired) electrons. The maximum Gasteiger partial charge on any atom is 0.330 e. The Labute approximate surface area is 382 Å². The first kappa shape index (κ1) is 48.9. The number of para-hydroxylation sites is 1. The number of carbonyl (C=O) groups excluding carboxylic acids is 2. The number of carbonyl (C=O) groups is 2. The van der Waals surface area contributed by atoms with Gasteiger partial charge in [-0.05, 0) is 124 Å². The Kier molecular flexibility index (Phi) is 21.8. The van der Waals surface area contributed by atoms with Crippen LogP contribution in [-0.2, 0) is 32.3 Å². The van der Waals surface area contributed by atoms with E-state index in [1.165, 1.54) is 18.6 Å². The number of hydrogen-bond donors (Lipinski definition) is 0. The molecule has 12 heteroatoms. The number of ether oxygens (including phenoxy) is 6. The number of aromatic nitrogens is 1. The maximum absolute atomic E-state index is 11.2. The molecule has 5 aromatic rings. The molecule has 0 saturated heterocycles. The molecule has 0 spiro atoms. The first-order valence-corrected chi connectivity index (χ1v) is 23.3. The Morgan fingerprint density at radius 1 is 0.625 bits per heavy atom. The smallest absolute Gasteiger partial charge is 0.330 e. The van der Waals surface area contributed by atoms with Crippen molar-refractivity contribution in [2.75, 3.05) is 38.0 Å². The lowest BCUT2D eigenvalue weighted by Crippen LogP contribution is -2.18. The molecule has 0 bridgehead atoms. The number of anilines is 1. The topological polar surface area (TPSA) is 118 Å². The Bertz CT molecular complexity index is 2150. The molecule has 0 saturated carbocycles. The van der Waals surface area contributed by atoms with Crippen molar-refractivity contribution in [2.24, 2.45) is 5.10 Å². The Morgan fingerprint density at radius 3 is 1.75 bits per heavy atom. The van der Waals surface area contributed by atoms with E-state index in [1.54, 1.807) is 11.3 Å². The van der Waals surface area contributed by atoms with Crippen LogP contribution in [0.3, 0.4) is 0 Å². The van der Waals surface area contributed by atoms with Crippen LogP contribution >= 0.6 is 11.3 Å². The van der Waals surface area contributed by atoms with Crippen molar-refractivity contribution < 1.29 is 38.0 Å². The van der Waals surface area contributed by atoms with E-state index in [1.807, 2.05) is 96.2 Å². The largest absolute Gasteiger partial charge is 0.494 e. The minimum absolute atomic E-state index is 0.359. The van der Waals surface area contributed by atoms with Gasteiger partial charge in [-0.3, -0.25) is 0 Å². The lowest BCUT2D eigenvalue weighted by atomic mass is 10.2. The second-order valence-electron chi connectivity index (χ2n) is 15.2. The summed E-state index contributed by atoms with van der Waals surface area (Å²) in [6, 6.07) is 30.0. The normalized spacial score (nSPS) is 11.0. The Hall–Kier alpha value is -6.14. The fourth-order valence-corrected chi connectivity index (χ4v) is 7.44. The highest BCUT2D eigenvalue weighted by molar-refractivity contribution is 7.22. The van der Waals surface area contributed by atoms with Crippen LogP contribution in [-0.4, -0.2) is 56.1 Å². The van der Waals surface area contributed by atoms with Crippen LogP contribution in [0.25, 0.3) is 10.2 Å². The molecule has 5 rings (SSSR count). The molecule has 64 heavy (non-hydrogen) atoms. The van der Waals surface area contributed by atoms with Gasteiger partial charge in [0.1, 0.15) is 36.2 Å². The molecule has 0 aliphatic rings. The molecular formula is C52H63N3O8S. The van der Waals surface area contributed by atoms with Crippen molar-refractivity contribution in [1.82, 2.24) is 4.98 Å². The van der Waals surface area contributed by atoms with Crippen molar-refractivity contribution in [3.8, 4) is 23.0 Å². The average Bonchev–Trinajstić information content (AvgIpc) is 3.77. The number of thiazole rings is 1. The number of hydrogen-bond acceptors (Lipinski definition) is 12. The average molecular weight is 890 g/mol. The number of unbranched alkanes of at least 4 members (excludes halogenated alkanes) is 9. The number of hydrazone groups is 1. The molecule has 340 valence electrons. The lowest BCUT2D eigenvalue weighted by Gasteiger charge is -2.17. The summed E-state index contributed by atoms with van der Waals surface area (Å²) in [5, 5.41) is 7.88. The van der Waals surface area contributed by atoms with Gasteiger partial charge >= 0.3 is 11.9 Å². The number of benzene rings is 4. The third kappa shape index (κ3) is 17.9. The first-order chi connectivity index (χ1) is 31.4. The van der Waals surface area contributed by atoms with Crippen LogP contribution in [0.4, 0.5) is 5.13 Å². The summed E-state index contributed by atoms with van der Waals surface area (Å²) < 4.78 is 35.9. The number of fused-ring (bicyclic) bond motifs is 1. The molecule has 1 aromatic heterocycles. The van der Waals surface area contributed by atoms with Crippen molar-refractivity contribution in [1.29, 1.82) is 0 Å². The van der Waals surface area contributed by atoms with Gasteiger partial charge in [0.05, 0.1) is 42.9 Å². The van der Waals surface area contributed by atoms with Crippen LogP contribution in [0.1, 0.15) is 101 Å². The quantitative estimate of drug-likeness (QED) is 0.0136. The predicted molar refractivity (Wildman–Crippen MR) is 257 cm³/mol. The molecule has 0 N–H and O–H groups in total. The van der Waals surface area contributed by atoms with Crippen molar-refractivity contribution >= 4 is 44.8 Å². The fourth-order valence-electron chi connectivity index (χ4n) is 6.49. The summed E-state index contributed by atoms with van der Waals surface area (Å²) in [6.45, 7) is 12.6. The molecule has 11 nitrogen and oxygen atoms in total. The van der Waals surface area contributed by atoms with E-state index in [2.05, 4.69) is 26.1 Å². The van der Waals surface area contributed by atoms with Crippen molar-refractivity contribution in [3.05, 3.63) is 133 Å². The first-order valence-electron chi connectivity index (χ1n) is 22.5. The van der Waals surface area contributed by atoms with E-state index in [0.29, 0.717) is 51.1 Å². The molecule has 0 aliphatic carbocycles. The van der Waals surface area contributed by atoms with E-state index < -0.39 is 0 Å². The van der Waals surface area contributed by atoms with Gasteiger partial charge in [0.15, 0.2) is 0 Å². The molecule has 0 fully saturated rings. The highest BCUT2D eigenvalue weighted by atomic mass is 32.1. The van der Waals surface area contributed by atoms with Gasteiger partial charge in [-0.25, -0.2) is 19.6 Å². The van der Waals surface area contributed by atoms with Gasteiger partial charge < -0.3 is 28.4 Å². The minimum Gasteiger partial charge on any atom is -0.494 e. The SMILES string of the molecule is C=CC(=O)OCCCCCCOc1ccc(COc2ccc(OCc3ccc(OCCCCCCOC(=O)C=C)cc3)c(/C=N/N(CCCCCC)c3nc4ccccc4s3)c2)cc1. The summed E-state index contributed by atoms with van der Waals surface area (Å²) in [4.78, 5) is 27.2. The van der Waals surface area contributed by atoms with Gasteiger partial charge in [0.25, 0.3) is 0 Å². The summed E-state index contributed by atoms with van der Waals surface area (Å²) in [5.41, 5.74) is 3.78. The van der Waals surface area contributed by atoms with Gasteiger partial charge in [-0.1, -0.05) is 87.1 Å². The highest BCUT2D eigenvalue weighted by Gasteiger charge is 2.13. The Morgan fingerprint density at radius 2 is 1.17 bits per heavy atom. The van der Waals surface area contributed by atoms with Crippen LogP contribution < -0.4 is 24.0 Å². The van der Waals surface area contributed by atoms with Crippen LogP contribution in [0.5, 0.6) is 23.0 Å². The second-order valence-corrected chi connectivity index (χ2v) is 16.2. The second kappa shape index (κ2) is 28.5. The summed E-state index contributed by atoms with van der Waals surface area (Å²) >= 11 is 1.64. The molecule has 0 amide bonds. The lowest BCUT2D eigenvalue weighted by molar-refractivity contribution is -0.138. The van der Waals surface area contributed by atoms with Gasteiger partial charge in [-0.2, -0.15) is 5.10 Å². The van der Waals surface area contributed by atoms with E-state index >= 15 is 0 Å². The molecule has 0 aliphatic heterocycles. The predicted octanol–water partition coefficient (Wildman–Crippen LogP) is 12.2. The zero-order chi connectivity index (χ0) is 45.0. The van der Waals surface area contributed by atoms with Gasteiger partial charge in [0, 0.05) is 24.3 Å². The molecule has 4 aromatic carbocycles. The minimum atomic E-state index is -0.379. The molecular weight excluding hydrogens is 827 g/mol. The molecule has 1 heterocycles. The van der Waals surface area contributed by atoms with E-state index in [0.717, 1.165) is 121 Å². The third-order valence-corrected chi connectivity index (χ3v) is 11.2. The summed E-state index contributed by atoms with van der Waals surface area (Å²) in [6.07, 6.45) is 16.1. The van der Waals surface area contributed by atoms with Crippen LogP contribution in [0, 0.1) is 0 Å². The number of nitrogens with zero attached hydrogens (tertiary/aromatic N) is 3. The molecule has 0 unspecified atom stereocenters. The van der Waals surface area contributed by atoms with Crippen LogP contribution in [0.15, 0.2) is 121 Å². The van der Waals surface area contributed by atoms with E-state index in [-0.39, 0.29) is 11.9 Å². The third-order valence-electron chi connectivity index (χ3n) is 10.1. The van der Waals surface area contributed by atoms with Gasteiger partial charge in [-0.15, -0.1) is 0 Å². The van der Waals surface area contributed by atoms with Crippen LogP contribution in [0.2, 0.25) is 0 Å². The number of esters is 2. The summed E-state index contributed by atoms with van der Waals surface area (Å²) in [5.74, 6) is 2.24. The summed E-state index contributed by atoms with van der Waals surface area (Å²) in [7, 11) is 0. The maximum atomic E-state index is 11.2. The van der Waals surface area contributed by atoms with Gasteiger partial charge in [0.2, 0.25) is 5.13 Å². The zero-order valence-corrected chi connectivity index (χ0v) is 38.1. The zero-order valence-electron chi connectivity index (χ0n) is 37.3. The highest BCUT2D eigenvalue weighted by Crippen LogP contribution is 2.30. The fraction of sp³-hybridized carbons (Fsp3) is 0.385. The monoisotopic (exact) mass is 889 g/mol. The van der Waals surface area contributed by atoms with E-state index in [4.69, 9.17) is 38.5 Å². The Balaban J connectivity index is 1.19. The van der Waals surface area contributed by atoms with Crippen molar-refractivity contribution in [2.45, 2.75) is 97.2 Å². The number of rotatable bonds is 32. The van der Waals surface area contributed by atoms with E-state index in [9.17, 15) is 9.59 Å². The standard InChI is InChI=1S/C52H63N3O8S/c1-4-7-8-15-32-55(52-54-47-20-13-14-21-49(47)64-52)53-38-43-37-46(62-39-41-22-26-44(27-23-41)58-33-16-9-11-18-35-60-50(56)5-2)30-31-48(43)63-40-42-24-28-45(29-25-42)59-34-17-10-12-19-36-61-51(57)6-3/h5-6,13-14,20-31,37-38H,2-4,7-12,15-19,32-36,39-40H2,1H3/b53-38+.